The van der Waals surface area contributed by atoms with Gasteiger partial charge in [-0.1, -0.05) is 0 Å². The van der Waals surface area contributed by atoms with E-state index in [1.807, 2.05) is 22.9 Å². The van der Waals surface area contributed by atoms with Crippen LogP contribution in [0.3, 0.4) is 0 Å². The highest BCUT2D eigenvalue weighted by atomic mass is 32.2. The molecule has 2 N–H and O–H groups in total. The number of carbonyl (C=O) groups is 2. The SMILES string of the molecule is O=CNC(CCSCc1cn2cccnc2n1)C(=O)O. The second-order valence-corrected chi connectivity index (χ2v) is 5.18. The Hall–Kier alpha value is -2.09. The normalized spacial score (nSPS) is 12.2. The monoisotopic (exact) mass is 294 g/mol. The third-order valence-electron chi connectivity index (χ3n) is 2.65. The van der Waals surface area contributed by atoms with Crippen molar-refractivity contribution >= 4 is 29.9 Å². The van der Waals surface area contributed by atoms with Gasteiger partial charge in [0.1, 0.15) is 6.04 Å². The summed E-state index contributed by atoms with van der Waals surface area (Å²) in [5, 5.41) is 11.1. The predicted octanol–water partition coefficient (Wildman–Crippen LogP) is 0.552. The van der Waals surface area contributed by atoms with E-state index in [0.29, 0.717) is 30.1 Å². The van der Waals surface area contributed by atoms with Crippen molar-refractivity contribution in [3.05, 3.63) is 30.4 Å². The standard InChI is InChI=1S/C12H14N4O3S/c17-8-14-10(11(18)19)2-5-20-7-9-6-16-4-1-3-13-12(16)15-9/h1,3-4,6,8,10H,2,5,7H2,(H,14,17)(H,18,19). The highest BCUT2D eigenvalue weighted by Gasteiger charge is 2.15. The van der Waals surface area contributed by atoms with Crippen LogP contribution in [0.15, 0.2) is 24.7 Å². The zero-order chi connectivity index (χ0) is 14.4. The van der Waals surface area contributed by atoms with Crippen LogP contribution >= 0.6 is 11.8 Å². The summed E-state index contributed by atoms with van der Waals surface area (Å²) in [5.41, 5.74) is 0.893. The first kappa shape index (κ1) is 14.3. The zero-order valence-corrected chi connectivity index (χ0v) is 11.4. The van der Waals surface area contributed by atoms with E-state index in [-0.39, 0.29) is 0 Å². The van der Waals surface area contributed by atoms with Crippen molar-refractivity contribution in [2.75, 3.05) is 5.75 Å². The Labute approximate surface area is 119 Å². The number of aromatic nitrogens is 3. The van der Waals surface area contributed by atoms with Gasteiger partial charge in [0.25, 0.3) is 0 Å². The summed E-state index contributed by atoms with van der Waals surface area (Å²) in [5.74, 6) is 0.930. The van der Waals surface area contributed by atoms with Crippen molar-refractivity contribution in [2.24, 2.45) is 0 Å². The lowest BCUT2D eigenvalue weighted by Gasteiger charge is -2.09. The highest BCUT2D eigenvalue weighted by molar-refractivity contribution is 7.98. The number of fused-ring (bicyclic) bond motifs is 1. The number of hydrogen-bond donors (Lipinski definition) is 2. The van der Waals surface area contributed by atoms with Gasteiger partial charge in [-0.15, -0.1) is 0 Å². The molecule has 0 aromatic carbocycles. The van der Waals surface area contributed by atoms with Crippen molar-refractivity contribution in [3.8, 4) is 0 Å². The van der Waals surface area contributed by atoms with Gasteiger partial charge in [-0.25, -0.2) is 14.8 Å². The van der Waals surface area contributed by atoms with E-state index in [4.69, 9.17) is 5.11 Å². The molecule has 106 valence electrons. The lowest BCUT2D eigenvalue weighted by Crippen LogP contribution is -2.36. The molecule has 0 aliphatic heterocycles. The number of nitrogens with one attached hydrogen (secondary N) is 1. The van der Waals surface area contributed by atoms with Crippen molar-refractivity contribution in [1.29, 1.82) is 0 Å². The first-order chi connectivity index (χ1) is 9.70. The van der Waals surface area contributed by atoms with Gasteiger partial charge in [-0.05, 0) is 18.2 Å². The lowest BCUT2D eigenvalue weighted by molar-refractivity contribution is -0.140. The maximum Gasteiger partial charge on any atom is 0.326 e. The van der Waals surface area contributed by atoms with Crippen molar-refractivity contribution < 1.29 is 14.7 Å². The Morgan fingerprint density at radius 2 is 2.45 bits per heavy atom. The molecule has 0 spiro atoms. The van der Waals surface area contributed by atoms with Crippen LogP contribution in [0.25, 0.3) is 5.78 Å². The largest absolute Gasteiger partial charge is 0.480 e. The minimum atomic E-state index is -1.02. The molecule has 0 aliphatic carbocycles. The fraction of sp³-hybridized carbons (Fsp3) is 0.333. The van der Waals surface area contributed by atoms with Crippen LogP contribution in [-0.2, 0) is 15.3 Å². The molecule has 2 aromatic rings. The van der Waals surface area contributed by atoms with E-state index < -0.39 is 12.0 Å². The summed E-state index contributed by atoms with van der Waals surface area (Å²) in [6.45, 7) is 0. The van der Waals surface area contributed by atoms with E-state index in [0.717, 1.165) is 5.69 Å². The number of aliphatic carboxylic acids is 1. The number of amides is 1. The number of rotatable bonds is 8. The Morgan fingerprint density at radius 3 is 3.15 bits per heavy atom. The Bertz CT molecular complexity index is 568. The van der Waals surface area contributed by atoms with E-state index in [9.17, 15) is 9.59 Å². The first-order valence-electron chi connectivity index (χ1n) is 5.99. The molecule has 0 aliphatic rings. The third kappa shape index (κ3) is 3.70. The van der Waals surface area contributed by atoms with Crippen molar-refractivity contribution in [2.45, 2.75) is 18.2 Å². The van der Waals surface area contributed by atoms with Crippen LogP contribution in [0.2, 0.25) is 0 Å². The molecular formula is C12H14N4O3S. The van der Waals surface area contributed by atoms with Crippen LogP contribution in [0.5, 0.6) is 0 Å². The molecule has 0 saturated heterocycles. The summed E-state index contributed by atoms with van der Waals surface area (Å²) >= 11 is 1.57. The summed E-state index contributed by atoms with van der Waals surface area (Å²) in [6.07, 6.45) is 6.25. The minimum Gasteiger partial charge on any atom is -0.480 e. The topological polar surface area (TPSA) is 96.6 Å². The quantitative estimate of drug-likeness (QED) is 0.545. The molecule has 7 nitrogen and oxygen atoms in total. The fourth-order valence-corrected chi connectivity index (χ4v) is 2.58. The highest BCUT2D eigenvalue weighted by Crippen LogP contribution is 2.13. The van der Waals surface area contributed by atoms with Gasteiger partial charge in [0.2, 0.25) is 12.2 Å². The molecule has 0 radical (unpaired) electrons. The molecule has 2 aromatic heterocycles. The Balaban J connectivity index is 1.80. The first-order valence-corrected chi connectivity index (χ1v) is 7.15. The lowest BCUT2D eigenvalue weighted by atomic mass is 10.2. The van der Waals surface area contributed by atoms with Gasteiger partial charge in [-0.3, -0.25) is 9.20 Å². The zero-order valence-electron chi connectivity index (χ0n) is 10.6. The smallest absolute Gasteiger partial charge is 0.326 e. The average molecular weight is 294 g/mol. The maximum absolute atomic E-state index is 10.8. The predicted molar refractivity (Wildman–Crippen MR) is 74.4 cm³/mol. The van der Waals surface area contributed by atoms with E-state index >= 15 is 0 Å². The van der Waals surface area contributed by atoms with E-state index in [1.54, 1.807) is 18.0 Å². The third-order valence-corrected chi connectivity index (χ3v) is 3.68. The number of hydrogen-bond acceptors (Lipinski definition) is 5. The summed E-state index contributed by atoms with van der Waals surface area (Å²) in [4.78, 5) is 29.6. The molecule has 2 heterocycles. The molecule has 1 atom stereocenters. The van der Waals surface area contributed by atoms with Gasteiger partial charge in [0, 0.05) is 24.3 Å². The molecule has 1 amide bonds. The molecule has 0 fully saturated rings. The Morgan fingerprint density at radius 1 is 1.60 bits per heavy atom. The average Bonchev–Trinajstić information content (AvgIpc) is 2.84. The number of imidazole rings is 1. The fourth-order valence-electron chi connectivity index (χ4n) is 1.69. The van der Waals surface area contributed by atoms with Crippen molar-refractivity contribution in [1.82, 2.24) is 19.7 Å². The maximum atomic E-state index is 10.8. The van der Waals surface area contributed by atoms with Crippen molar-refractivity contribution in [3.63, 3.8) is 0 Å². The van der Waals surface area contributed by atoms with E-state index in [1.165, 1.54) is 0 Å². The summed E-state index contributed by atoms with van der Waals surface area (Å²) in [7, 11) is 0. The minimum absolute atomic E-state index is 0.379. The van der Waals surface area contributed by atoms with Crippen LogP contribution in [0.1, 0.15) is 12.1 Å². The van der Waals surface area contributed by atoms with Gasteiger partial charge >= 0.3 is 5.97 Å². The molecule has 0 saturated carbocycles. The molecular weight excluding hydrogens is 280 g/mol. The van der Waals surface area contributed by atoms with Crippen LogP contribution < -0.4 is 5.32 Å². The van der Waals surface area contributed by atoms with Gasteiger partial charge in [0.05, 0.1) is 5.69 Å². The van der Waals surface area contributed by atoms with Gasteiger partial charge in [-0.2, -0.15) is 11.8 Å². The molecule has 8 heteroatoms. The summed E-state index contributed by atoms with van der Waals surface area (Å²) in [6, 6.07) is 0.997. The summed E-state index contributed by atoms with van der Waals surface area (Å²) < 4.78 is 1.84. The number of carboxylic acids is 1. The number of nitrogens with zero attached hydrogens (tertiary/aromatic N) is 3. The second-order valence-electron chi connectivity index (χ2n) is 4.08. The van der Waals surface area contributed by atoms with Crippen LogP contribution in [0, 0.1) is 0 Å². The van der Waals surface area contributed by atoms with Gasteiger partial charge < -0.3 is 10.4 Å². The Kier molecular flexibility index (Phi) is 4.94. The van der Waals surface area contributed by atoms with Gasteiger partial charge in [0.15, 0.2) is 0 Å². The number of thioether (sulfide) groups is 1. The molecule has 2 rings (SSSR count). The van der Waals surface area contributed by atoms with Crippen LogP contribution in [-0.4, -0.2) is 43.6 Å². The molecule has 0 bridgehead atoms. The molecule has 20 heavy (non-hydrogen) atoms. The van der Waals surface area contributed by atoms with E-state index in [2.05, 4.69) is 15.3 Å². The van der Waals surface area contributed by atoms with Crippen LogP contribution in [0.4, 0.5) is 0 Å². The second kappa shape index (κ2) is 6.90. The number of carboxylic acid groups (broad SMARTS) is 1. The number of carbonyl (C=O) groups excluding carboxylic acids is 1. The molecule has 1 unspecified atom stereocenters.